The van der Waals surface area contributed by atoms with Crippen molar-refractivity contribution < 1.29 is 24.6 Å². The Hall–Kier alpha value is -3.03. The van der Waals surface area contributed by atoms with Crippen LogP contribution in [0.2, 0.25) is 0 Å². The number of nitrogens with two attached hydrogens (primary N) is 1. The second-order valence-corrected chi connectivity index (χ2v) is 7.15. The van der Waals surface area contributed by atoms with Crippen LogP contribution >= 0.6 is 0 Å². The number of aromatic amines is 1. The van der Waals surface area contributed by atoms with Crippen LogP contribution in [0.1, 0.15) is 23.2 Å². The van der Waals surface area contributed by atoms with Crippen molar-refractivity contribution in [3.63, 3.8) is 0 Å². The number of aromatic nitrogens is 2. The number of carbonyl (C=O) groups excluding carboxylic acids is 1. The van der Waals surface area contributed by atoms with Gasteiger partial charge in [-0.2, -0.15) is 4.98 Å². The summed E-state index contributed by atoms with van der Waals surface area (Å²) in [7, 11) is 0. The zero-order chi connectivity index (χ0) is 23.3. The Kier molecular flexibility index (Phi) is 9.32. The van der Waals surface area contributed by atoms with Crippen molar-refractivity contribution in [1.82, 2.24) is 15.3 Å². The molecule has 1 aromatic carbocycles. The first-order valence-corrected chi connectivity index (χ1v) is 9.72. The monoisotopic (exact) mass is 487 g/mol. The third-order valence-corrected chi connectivity index (χ3v) is 4.75. The molecule has 13 nitrogen and oxygen atoms in total. The van der Waals surface area contributed by atoms with E-state index in [9.17, 15) is 19.2 Å². The van der Waals surface area contributed by atoms with E-state index >= 15 is 0 Å². The number of carboxylic acid groups (broad SMARTS) is 2. The molecule has 2 heterocycles. The number of rotatable bonds is 9. The van der Waals surface area contributed by atoms with Crippen LogP contribution in [0, 0.1) is 0 Å². The summed E-state index contributed by atoms with van der Waals surface area (Å²) < 4.78 is 0. The van der Waals surface area contributed by atoms with Gasteiger partial charge < -0.3 is 37.2 Å². The van der Waals surface area contributed by atoms with E-state index in [1.165, 1.54) is 12.1 Å². The maximum atomic E-state index is 12.3. The van der Waals surface area contributed by atoms with Gasteiger partial charge in [0.2, 0.25) is 5.95 Å². The second-order valence-electron chi connectivity index (χ2n) is 7.15. The molecular weight excluding hydrogens is 462 g/mol. The summed E-state index contributed by atoms with van der Waals surface area (Å²) in [6, 6.07) is 4.93. The van der Waals surface area contributed by atoms with E-state index in [2.05, 4.69) is 31.2 Å². The first kappa shape index (κ1) is 26.2. The second kappa shape index (κ2) is 11.7. The molecule has 14 heteroatoms. The molecule has 174 valence electrons. The Morgan fingerprint density at radius 3 is 2.55 bits per heavy atom. The number of amides is 1. The Labute approximate surface area is 217 Å². The number of nitrogens with one attached hydrogen (secondary N) is 5. The number of carbonyl (C=O) groups is 3. The fourth-order valence-corrected chi connectivity index (χ4v) is 3.10. The van der Waals surface area contributed by atoms with Crippen molar-refractivity contribution in [1.29, 1.82) is 0 Å². The molecule has 1 aliphatic rings. The first-order valence-electron chi connectivity index (χ1n) is 9.72. The van der Waals surface area contributed by atoms with Gasteiger partial charge in [-0.1, -0.05) is 0 Å². The number of anilines is 4. The molecule has 3 rings (SSSR count). The molecule has 0 fully saturated rings. The van der Waals surface area contributed by atoms with Gasteiger partial charge in [0, 0.05) is 30.8 Å². The molecule has 0 saturated carbocycles. The summed E-state index contributed by atoms with van der Waals surface area (Å²) in [5, 5.41) is 29.5. The van der Waals surface area contributed by atoms with Crippen molar-refractivity contribution in [2.75, 3.05) is 34.8 Å². The standard InChI is InChI=1S/C19H23N7O6.Ca.2H/c20-19-25-15-14(17(30)26-19)23-11(8-22-15)7-21-10-3-1-9(2-4-10)16(29)24-12(18(31)32)5-6-13(27)28;;;/h1-4,11-12,21,23H,5-8H2,(H,24,29)(H,27,28)(H,31,32)(H4,20,22,25,26,30);;;/t11-,12?;;;/m0.../s1. The number of nitrogens with zero attached hydrogens (tertiary/aromatic N) is 1. The van der Waals surface area contributed by atoms with E-state index < -0.39 is 23.9 Å². The summed E-state index contributed by atoms with van der Waals surface area (Å²) in [5.41, 5.74) is 6.40. The molecule has 0 spiro atoms. The number of H-pyrrole nitrogens is 1. The Morgan fingerprint density at radius 1 is 1.21 bits per heavy atom. The van der Waals surface area contributed by atoms with Gasteiger partial charge in [-0.15, -0.1) is 0 Å². The summed E-state index contributed by atoms with van der Waals surface area (Å²) in [5.74, 6) is -2.64. The number of nitrogen functional groups attached to an aromatic ring is 1. The Balaban J connectivity index is 0.00000385. The Bertz CT molecular complexity index is 1080. The van der Waals surface area contributed by atoms with E-state index in [1.54, 1.807) is 12.1 Å². The zero-order valence-electron chi connectivity index (χ0n) is 16.8. The topological polar surface area (TPSA) is 212 Å². The van der Waals surface area contributed by atoms with Gasteiger partial charge in [-0.25, -0.2) is 4.79 Å². The summed E-state index contributed by atoms with van der Waals surface area (Å²) in [4.78, 5) is 52.6. The predicted octanol–water partition coefficient (Wildman–Crippen LogP) is -1.20. The molecule has 0 bridgehead atoms. The molecule has 1 amide bonds. The normalized spacial score (nSPS) is 15.0. The van der Waals surface area contributed by atoms with E-state index in [0.717, 1.165) is 0 Å². The number of hydrogen-bond acceptors (Lipinski definition) is 9. The van der Waals surface area contributed by atoms with Crippen LogP contribution in [-0.4, -0.2) is 101 Å². The van der Waals surface area contributed by atoms with Crippen LogP contribution < -0.4 is 32.6 Å². The molecule has 0 radical (unpaired) electrons. The van der Waals surface area contributed by atoms with E-state index in [4.69, 9.17) is 15.9 Å². The minimum absolute atomic E-state index is 0. The van der Waals surface area contributed by atoms with Gasteiger partial charge in [0.15, 0.2) is 5.82 Å². The number of carboxylic acids is 2. The maximum absolute atomic E-state index is 12.3. The number of fused-ring (bicyclic) bond motifs is 1. The molecule has 0 saturated heterocycles. The predicted molar refractivity (Wildman–Crippen MR) is 124 cm³/mol. The van der Waals surface area contributed by atoms with Crippen molar-refractivity contribution in [2.24, 2.45) is 0 Å². The summed E-state index contributed by atoms with van der Waals surface area (Å²) in [6.07, 6.45) is -0.587. The van der Waals surface area contributed by atoms with Gasteiger partial charge in [0.25, 0.3) is 11.5 Å². The van der Waals surface area contributed by atoms with Crippen LogP contribution in [0.15, 0.2) is 29.1 Å². The fraction of sp³-hybridized carbons (Fsp3) is 0.316. The average Bonchev–Trinajstić information content (AvgIpc) is 2.75. The summed E-state index contributed by atoms with van der Waals surface area (Å²) >= 11 is 0. The molecule has 2 aromatic rings. The van der Waals surface area contributed by atoms with Crippen molar-refractivity contribution in [2.45, 2.75) is 24.9 Å². The molecule has 9 N–H and O–H groups in total. The third-order valence-electron chi connectivity index (χ3n) is 4.75. The molecule has 1 aliphatic heterocycles. The van der Waals surface area contributed by atoms with Gasteiger partial charge >= 0.3 is 49.7 Å². The minimum atomic E-state index is -1.30. The Morgan fingerprint density at radius 2 is 1.91 bits per heavy atom. The van der Waals surface area contributed by atoms with Crippen LogP contribution in [0.4, 0.5) is 23.1 Å². The van der Waals surface area contributed by atoms with Gasteiger partial charge in [-0.05, 0) is 30.7 Å². The number of aliphatic carboxylic acids is 2. The van der Waals surface area contributed by atoms with Gasteiger partial charge in [0.1, 0.15) is 11.7 Å². The van der Waals surface area contributed by atoms with E-state index in [-0.39, 0.29) is 73.7 Å². The van der Waals surface area contributed by atoms with E-state index in [1.807, 2.05) is 0 Å². The molecule has 1 unspecified atom stereocenters. The van der Waals surface area contributed by atoms with Crippen LogP contribution in [-0.2, 0) is 9.59 Å². The van der Waals surface area contributed by atoms with Crippen molar-refractivity contribution in [3.8, 4) is 0 Å². The van der Waals surface area contributed by atoms with Crippen LogP contribution in [0.5, 0.6) is 0 Å². The van der Waals surface area contributed by atoms with Crippen LogP contribution in [0.3, 0.4) is 0 Å². The average molecular weight is 488 g/mol. The molecule has 0 aliphatic carbocycles. The molecule has 33 heavy (non-hydrogen) atoms. The molecule has 1 aromatic heterocycles. The van der Waals surface area contributed by atoms with Crippen LogP contribution in [0.25, 0.3) is 0 Å². The zero-order valence-corrected chi connectivity index (χ0v) is 16.8. The van der Waals surface area contributed by atoms with Gasteiger partial charge in [-0.3, -0.25) is 19.4 Å². The quantitative estimate of drug-likeness (QED) is 0.197. The molecular formula is C19H25CaN7O6. The SMILES string of the molecule is Nc1nc2c(c(=O)[nH]1)N[C@@H](CNc1ccc(C(=O)NC(CCC(=O)O)C(=O)O)cc1)CN2.[CaH2]. The van der Waals surface area contributed by atoms with Crippen molar-refractivity contribution >= 4 is 78.7 Å². The van der Waals surface area contributed by atoms with Gasteiger partial charge in [0.05, 0.1) is 6.04 Å². The summed E-state index contributed by atoms with van der Waals surface area (Å²) in [6.45, 7) is 0.960. The first-order chi connectivity index (χ1) is 15.2. The van der Waals surface area contributed by atoms with Crippen molar-refractivity contribution in [3.05, 3.63) is 40.2 Å². The van der Waals surface area contributed by atoms with E-state index in [0.29, 0.717) is 30.3 Å². The third kappa shape index (κ3) is 7.23. The number of benzene rings is 1. The number of hydrogen-bond donors (Lipinski definition) is 8. The fourth-order valence-electron chi connectivity index (χ4n) is 3.10. The molecule has 2 atom stereocenters.